The average molecular weight is 240 g/mol. The normalized spacial score (nSPS) is 20.9. The van der Waals surface area contributed by atoms with E-state index in [1.54, 1.807) is 0 Å². The predicted octanol–water partition coefficient (Wildman–Crippen LogP) is 2.45. The van der Waals surface area contributed by atoms with E-state index < -0.39 is 0 Å². The minimum Gasteiger partial charge on any atom is -0.356 e. The molecular weight excluding hydrogens is 212 g/mol. The Balaban J connectivity index is 2.05. The number of amides is 1. The standard InChI is InChI=1S/C14H28N2O/c1-11(12(2)15)14(17)16-10-6-9-13-7-4-3-5-8-13/h11-13H,3-10,15H2,1-2H3,(H,16,17). The molecule has 100 valence electrons. The van der Waals surface area contributed by atoms with E-state index in [9.17, 15) is 4.79 Å². The summed E-state index contributed by atoms with van der Waals surface area (Å²) in [7, 11) is 0. The molecule has 0 bridgehead atoms. The van der Waals surface area contributed by atoms with Crippen molar-refractivity contribution >= 4 is 5.91 Å². The van der Waals surface area contributed by atoms with Crippen molar-refractivity contribution < 1.29 is 4.79 Å². The van der Waals surface area contributed by atoms with Gasteiger partial charge in [-0.25, -0.2) is 0 Å². The fourth-order valence-electron chi connectivity index (χ4n) is 2.48. The maximum Gasteiger partial charge on any atom is 0.224 e. The van der Waals surface area contributed by atoms with Crippen molar-refractivity contribution in [2.45, 2.75) is 64.8 Å². The Bertz CT molecular complexity index is 222. The second-order valence-electron chi connectivity index (χ2n) is 5.59. The van der Waals surface area contributed by atoms with Crippen LogP contribution >= 0.6 is 0 Å². The van der Waals surface area contributed by atoms with Gasteiger partial charge in [-0.3, -0.25) is 4.79 Å². The van der Waals surface area contributed by atoms with Gasteiger partial charge in [0.05, 0.1) is 0 Å². The van der Waals surface area contributed by atoms with Crippen molar-refractivity contribution in [3.05, 3.63) is 0 Å². The van der Waals surface area contributed by atoms with Crippen LogP contribution in [0.3, 0.4) is 0 Å². The molecule has 0 aromatic rings. The Labute approximate surface area is 106 Å². The number of carbonyl (C=O) groups is 1. The lowest BCUT2D eigenvalue weighted by Gasteiger charge is -2.21. The molecule has 1 fully saturated rings. The van der Waals surface area contributed by atoms with Crippen LogP contribution in [-0.4, -0.2) is 18.5 Å². The number of nitrogens with two attached hydrogens (primary N) is 1. The first kappa shape index (κ1) is 14.5. The van der Waals surface area contributed by atoms with Gasteiger partial charge in [0.25, 0.3) is 0 Å². The molecule has 1 aliphatic carbocycles. The molecule has 0 radical (unpaired) electrons. The summed E-state index contributed by atoms with van der Waals surface area (Å²) in [5, 5.41) is 2.98. The summed E-state index contributed by atoms with van der Waals surface area (Å²) in [6, 6.07) is -0.0617. The quantitative estimate of drug-likeness (QED) is 0.701. The molecule has 3 nitrogen and oxygen atoms in total. The summed E-state index contributed by atoms with van der Waals surface area (Å²) in [5.41, 5.74) is 5.70. The molecule has 3 heteroatoms. The lowest BCUT2D eigenvalue weighted by molar-refractivity contribution is -0.124. The van der Waals surface area contributed by atoms with Crippen LogP contribution in [0.5, 0.6) is 0 Å². The monoisotopic (exact) mass is 240 g/mol. The fraction of sp³-hybridized carbons (Fsp3) is 0.929. The Kier molecular flexibility index (Phi) is 6.56. The zero-order valence-electron chi connectivity index (χ0n) is 11.4. The lowest BCUT2D eigenvalue weighted by Crippen LogP contribution is -2.39. The molecule has 0 aliphatic heterocycles. The van der Waals surface area contributed by atoms with Gasteiger partial charge in [0.2, 0.25) is 5.91 Å². The first-order valence-corrected chi connectivity index (χ1v) is 7.14. The number of hydrogen-bond acceptors (Lipinski definition) is 2. The van der Waals surface area contributed by atoms with Crippen molar-refractivity contribution in [3.63, 3.8) is 0 Å². The highest BCUT2D eigenvalue weighted by molar-refractivity contribution is 5.78. The predicted molar refractivity (Wildman–Crippen MR) is 71.6 cm³/mol. The number of rotatable bonds is 6. The van der Waals surface area contributed by atoms with Gasteiger partial charge in [0.15, 0.2) is 0 Å². The topological polar surface area (TPSA) is 55.1 Å². The van der Waals surface area contributed by atoms with E-state index in [2.05, 4.69) is 5.32 Å². The van der Waals surface area contributed by atoms with Crippen LogP contribution in [0.15, 0.2) is 0 Å². The van der Waals surface area contributed by atoms with Crippen LogP contribution in [0.1, 0.15) is 58.8 Å². The van der Waals surface area contributed by atoms with Crippen molar-refractivity contribution in [2.24, 2.45) is 17.6 Å². The van der Waals surface area contributed by atoms with E-state index in [0.717, 1.165) is 18.9 Å². The van der Waals surface area contributed by atoms with E-state index in [-0.39, 0.29) is 17.9 Å². The van der Waals surface area contributed by atoms with Crippen molar-refractivity contribution in [1.29, 1.82) is 0 Å². The summed E-state index contributed by atoms with van der Waals surface area (Å²) in [6.07, 6.45) is 9.39. The van der Waals surface area contributed by atoms with Crippen LogP contribution in [0.4, 0.5) is 0 Å². The smallest absolute Gasteiger partial charge is 0.224 e. The summed E-state index contributed by atoms with van der Waals surface area (Å²) in [6.45, 7) is 4.58. The zero-order chi connectivity index (χ0) is 12.7. The number of carbonyl (C=O) groups excluding carboxylic acids is 1. The summed E-state index contributed by atoms with van der Waals surface area (Å²) in [4.78, 5) is 11.6. The lowest BCUT2D eigenvalue weighted by atomic mass is 9.86. The van der Waals surface area contributed by atoms with Gasteiger partial charge in [0, 0.05) is 18.5 Å². The summed E-state index contributed by atoms with van der Waals surface area (Å²) >= 11 is 0. The molecule has 0 aromatic heterocycles. The Morgan fingerprint density at radius 3 is 2.53 bits per heavy atom. The van der Waals surface area contributed by atoms with Gasteiger partial charge in [-0.05, 0) is 25.7 Å². The fourth-order valence-corrected chi connectivity index (χ4v) is 2.48. The molecule has 0 heterocycles. The first-order chi connectivity index (χ1) is 8.11. The highest BCUT2D eigenvalue weighted by Gasteiger charge is 2.17. The minimum absolute atomic E-state index is 0.0617. The molecule has 1 rings (SSSR count). The molecule has 2 unspecified atom stereocenters. The molecule has 0 saturated heterocycles. The molecule has 1 amide bonds. The van der Waals surface area contributed by atoms with Gasteiger partial charge in [-0.1, -0.05) is 39.0 Å². The first-order valence-electron chi connectivity index (χ1n) is 7.14. The SMILES string of the molecule is CC(N)C(C)C(=O)NCCCC1CCCCC1. The van der Waals surface area contributed by atoms with Crippen LogP contribution < -0.4 is 11.1 Å². The minimum atomic E-state index is -0.0790. The number of hydrogen-bond donors (Lipinski definition) is 2. The second-order valence-corrected chi connectivity index (χ2v) is 5.59. The molecule has 3 N–H and O–H groups in total. The molecule has 17 heavy (non-hydrogen) atoms. The molecule has 2 atom stereocenters. The van der Waals surface area contributed by atoms with Gasteiger partial charge in [-0.15, -0.1) is 0 Å². The molecular formula is C14H28N2O. The van der Waals surface area contributed by atoms with E-state index in [0.29, 0.717) is 0 Å². The highest BCUT2D eigenvalue weighted by Crippen LogP contribution is 2.26. The maximum atomic E-state index is 11.6. The molecule has 0 aromatic carbocycles. The van der Waals surface area contributed by atoms with E-state index in [1.165, 1.54) is 38.5 Å². The van der Waals surface area contributed by atoms with Gasteiger partial charge in [0.1, 0.15) is 0 Å². The largest absolute Gasteiger partial charge is 0.356 e. The second kappa shape index (κ2) is 7.70. The van der Waals surface area contributed by atoms with Gasteiger partial charge < -0.3 is 11.1 Å². The van der Waals surface area contributed by atoms with Crippen molar-refractivity contribution in [3.8, 4) is 0 Å². The zero-order valence-corrected chi connectivity index (χ0v) is 11.4. The Morgan fingerprint density at radius 1 is 1.29 bits per heavy atom. The van der Waals surface area contributed by atoms with E-state index in [1.807, 2.05) is 13.8 Å². The third-order valence-electron chi connectivity index (χ3n) is 4.02. The Morgan fingerprint density at radius 2 is 1.94 bits per heavy atom. The molecule has 1 saturated carbocycles. The van der Waals surface area contributed by atoms with Crippen LogP contribution in [0.25, 0.3) is 0 Å². The maximum absolute atomic E-state index is 11.6. The van der Waals surface area contributed by atoms with Crippen LogP contribution in [0.2, 0.25) is 0 Å². The van der Waals surface area contributed by atoms with Crippen LogP contribution in [0, 0.1) is 11.8 Å². The third kappa shape index (κ3) is 5.53. The Hall–Kier alpha value is -0.570. The van der Waals surface area contributed by atoms with Gasteiger partial charge >= 0.3 is 0 Å². The van der Waals surface area contributed by atoms with Crippen molar-refractivity contribution in [1.82, 2.24) is 5.32 Å². The summed E-state index contributed by atoms with van der Waals surface area (Å²) < 4.78 is 0. The molecule has 1 aliphatic rings. The van der Waals surface area contributed by atoms with Crippen LogP contribution in [-0.2, 0) is 4.79 Å². The van der Waals surface area contributed by atoms with E-state index in [4.69, 9.17) is 5.73 Å². The highest BCUT2D eigenvalue weighted by atomic mass is 16.1. The van der Waals surface area contributed by atoms with Gasteiger partial charge in [-0.2, -0.15) is 0 Å². The van der Waals surface area contributed by atoms with Crippen molar-refractivity contribution in [2.75, 3.05) is 6.54 Å². The average Bonchev–Trinajstić information content (AvgIpc) is 2.34. The third-order valence-corrected chi connectivity index (χ3v) is 4.02. The summed E-state index contributed by atoms with van der Waals surface area (Å²) in [5.74, 6) is 0.930. The van der Waals surface area contributed by atoms with E-state index >= 15 is 0 Å². The number of nitrogens with one attached hydrogen (secondary N) is 1. The molecule has 0 spiro atoms.